The number of piperazine rings is 1. The van der Waals surface area contributed by atoms with Gasteiger partial charge in [0, 0.05) is 31.7 Å². The summed E-state index contributed by atoms with van der Waals surface area (Å²) in [4.78, 5) is 64.9. The molecule has 16 heteroatoms. The first-order valence-corrected chi connectivity index (χ1v) is 12.5. The lowest BCUT2D eigenvalue weighted by atomic mass is 9.72. The molecule has 1 saturated heterocycles. The molecule has 0 aliphatic carbocycles. The molecule has 2 aromatic rings. The molecule has 14 nitrogen and oxygen atoms in total. The number of aromatic carboxylic acids is 1. The van der Waals surface area contributed by atoms with Crippen LogP contribution in [0.2, 0.25) is 5.02 Å². The number of nitrogens with one attached hydrogen (secondary N) is 2. The van der Waals surface area contributed by atoms with Crippen molar-refractivity contribution in [2.45, 2.75) is 18.4 Å². The third-order valence-electron chi connectivity index (χ3n) is 6.46. The first-order chi connectivity index (χ1) is 19.0. The zero-order valence-corrected chi connectivity index (χ0v) is 21.6. The van der Waals surface area contributed by atoms with Crippen LogP contribution in [-0.2, 0) is 20.8 Å². The van der Waals surface area contributed by atoms with Gasteiger partial charge < -0.3 is 41.2 Å². The second-order valence-corrected chi connectivity index (χ2v) is 9.46. The maximum Gasteiger partial charge on any atom is 0.547 e. The molecule has 5 amide bonds. The molecule has 2 heterocycles. The molecular formula is C24H25BClN5O9. The topological polar surface area (TPSA) is 212 Å². The number of phenols is 1. The van der Waals surface area contributed by atoms with Crippen molar-refractivity contribution >= 4 is 48.4 Å². The molecule has 0 aromatic heterocycles. The van der Waals surface area contributed by atoms with E-state index in [1.54, 1.807) is 6.07 Å². The summed E-state index contributed by atoms with van der Waals surface area (Å²) in [7, 11) is -1.64. The molecular weight excluding hydrogens is 549 g/mol. The molecule has 0 radical (unpaired) electrons. The van der Waals surface area contributed by atoms with Crippen LogP contribution in [0.4, 0.5) is 4.79 Å². The molecule has 2 aliphatic rings. The summed E-state index contributed by atoms with van der Waals surface area (Å²) in [6, 6.07) is 5.46. The van der Waals surface area contributed by atoms with Crippen molar-refractivity contribution in [2.75, 3.05) is 26.2 Å². The number of carboxylic acids is 1. The van der Waals surface area contributed by atoms with E-state index in [9.17, 15) is 39.2 Å². The predicted molar refractivity (Wildman–Crippen MR) is 139 cm³/mol. The summed E-state index contributed by atoms with van der Waals surface area (Å²) in [6.45, 7) is 0.171. The molecule has 2 aliphatic heterocycles. The van der Waals surface area contributed by atoms with Gasteiger partial charge in [0.1, 0.15) is 17.5 Å². The van der Waals surface area contributed by atoms with Gasteiger partial charge in [0.05, 0.1) is 16.5 Å². The molecule has 0 unspecified atom stereocenters. The van der Waals surface area contributed by atoms with Gasteiger partial charge in [0.15, 0.2) is 0 Å². The summed E-state index contributed by atoms with van der Waals surface area (Å²) >= 11 is 6.25. The van der Waals surface area contributed by atoms with Crippen LogP contribution < -0.4 is 21.0 Å². The van der Waals surface area contributed by atoms with Gasteiger partial charge in [-0.05, 0) is 30.2 Å². The van der Waals surface area contributed by atoms with Crippen LogP contribution in [-0.4, -0.2) is 94.0 Å². The van der Waals surface area contributed by atoms with E-state index in [2.05, 4.69) is 10.6 Å². The van der Waals surface area contributed by atoms with Crippen molar-refractivity contribution in [1.82, 2.24) is 20.4 Å². The van der Waals surface area contributed by atoms with Gasteiger partial charge in [-0.25, -0.2) is 9.59 Å². The molecule has 4 rings (SSSR count). The number of rotatable bonds is 7. The third kappa shape index (κ3) is 5.80. The number of carbonyl (C=O) groups is 5. The fraction of sp³-hybridized carbons (Fsp3) is 0.292. The van der Waals surface area contributed by atoms with Crippen molar-refractivity contribution in [3.05, 3.63) is 58.1 Å². The fourth-order valence-corrected chi connectivity index (χ4v) is 4.74. The first kappa shape index (κ1) is 28.7. The summed E-state index contributed by atoms with van der Waals surface area (Å²) < 4.78 is 5.40. The van der Waals surface area contributed by atoms with Crippen molar-refractivity contribution in [3.63, 3.8) is 0 Å². The number of para-hydroxylation sites is 1. The van der Waals surface area contributed by atoms with E-state index in [4.69, 9.17) is 22.0 Å². The van der Waals surface area contributed by atoms with E-state index in [0.717, 1.165) is 6.07 Å². The molecule has 2 atom stereocenters. The average molecular weight is 574 g/mol. The lowest BCUT2D eigenvalue weighted by Gasteiger charge is -2.33. The number of hydrogen-bond acceptors (Lipinski definition) is 9. The highest BCUT2D eigenvalue weighted by molar-refractivity contribution is 6.47. The summed E-state index contributed by atoms with van der Waals surface area (Å²) in [5, 5.41) is 34.6. The van der Waals surface area contributed by atoms with E-state index < -0.39 is 48.8 Å². The van der Waals surface area contributed by atoms with E-state index in [0.29, 0.717) is 10.5 Å². The molecule has 40 heavy (non-hydrogen) atoms. The molecule has 2 aromatic carbocycles. The number of imide groups is 1. The van der Waals surface area contributed by atoms with Crippen LogP contribution >= 0.6 is 11.6 Å². The Hall–Kier alpha value is -4.34. The normalized spacial score (nSPS) is 17.6. The number of phenolic OH excluding ortho intramolecular Hbond substituents is 1. The van der Waals surface area contributed by atoms with Crippen LogP contribution in [0.5, 0.6) is 11.5 Å². The van der Waals surface area contributed by atoms with Crippen LogP contribution in [0.1, 0.15) is 27.5 Å². The number of amides is 5. The Kier molecular flexibility index (Phi) is 8.47. The molecule has 0 saturated carbocycles. The molecule has 210 valence electrons. The standard InChI is InChI=1S/C24H25BClN5O9/c26-16-11-13(32)4-5-14(16)18(29-24(38)31-9-8-30(7-6-27)21(34)22(31)35)20(33)28-17-10-12-2-1-3-15(23(36)37)19(12)40-25(17)39/h1-5,11,17-18,32,39H,6-10,27H2,(H,28,33)(H,29,38)(H,36,37)/t17-,18-/m0/s1. The number of fused-ring (bicyclic) bond motifs is 1. The van der Waals surface area contributed by atoms with Crippen LogP contribution in [0.25, 0.3) is 0 Å². The Labute approximate surface area is 232 Å². The van der Waals surface area contributed by atoms with Crippen LogP contribution in [0.15, 0.2) is 36.4 Å². The number of nitrogens with zero attached hydrogens (tertiary/aromatic N) is 2. The Morgan fingerprint density at radius 3 is 2.60 bits per heavy atom. The van der Waals surface area contributed by atoms with Crippen LogP contribution in [0.3, 0.4) is 0 Å². The molecule has 7 N–H and O–H groups in total. The quantitative estimate of drug-likeness (QED) is 0.180. The Balaban J connectivity index is 1.57. The monoisotopic (exact) mass is 573 g/mol. The minimum Gasteiger partial charge on any atom is -0.534 e. The molecule has 1 fully saturated rings. The highest BCUT2D eigenvalue weighted by atomic mass is 35.5. The van der Waals surface area contributed by atoms with E-state index in [1.807, 2.05) is 0 Å². The lowest BCUT2D eigenvalue weighted by molar-refractivity contribution is -0.153. The first-order valence-electron chi connectivity index (χ1n) is 12.1. The third-order valence-corrected chi connectivity index (χ3v) is 6.78. The number of aromatic hydroxyl groups is 1. The van der Waals surface area contributed by atoms with Gasteiger partial charge in [-0.3, -0.25) is 19.3 Å². The largest absolute Gasteiger partial charge is 0.547 e. The maximum atomic E-state index is 13.5. The SMILES string of the molecule is NCCN1CCN(C(=O)N[C@H](C(=O)N[C@H]2Cc3cccc(C(=O)O)c3OB2O)c2ccc(O)cc2Cl)C(=O)C1=O. The summed E-state index contributed by atoms with van der Waals surface area (Å²) in [5.41, 5.74) is 5.76. The predicted octanol–water partition coefficient (Wildman–Crippen LogP) is -0.736. The second kappa shape index (κ2) is 11.8. The van der Waals surface area contributed by atoms with Crippen molar-refractivity contribution in [3.8, 4) is 11.5 Å². The van der Waals surface area contributed by atoms with Gasteiger partial charge in [0.2, 0.25) is 5.91 Å². The summed E-state index contributed by atoms with van der Waals surface area (Å²) in [6.07, 6.45) is -0.0105. The maximum absolute atomic E-state index is 13.5. The molecule has 0 spiro atoms. The van der Waals surface area contributed by atoms with Gasteiger partial charge in [0.25, 0.3) is 0 Å². The van der Waals surface area contributed by atoms with Crippen molar-refractivity contribution in [1.29, 1.82) is 0 Å². The van der Waals surface area contributed by atoms with E-state index in [1.165, 1.54) is 29.2 Å². The minimum absolute atomic E-state index is 0.0105. The number of hydrogen-bond donors (Lipinski definition) is 6. The van der Waals surface area contributed by atoms with Crippen molar-refractivity contribution < 1.29 is 43.9 Å². The second-order valence-electron chi connectivity index (χ2n) is 9.05. The zero-order chi connectivity index (χ0) is 29.1. The van der Waals surface area contributed by atoms with E-state index in [-0.39, 0.29) is 60.2 Å². The smallest absolute Gasteiger partial charge is 0.534 e. The minimum atomic E-state index is -1.64. The van der Waals surface area contributed by atoms with Crippen molar-refractivity contribution in [2.24, 2.45) is 5.73 Å². The van der Waals surface area contributed by atoms with Gasteiger partial charge in [-0.1, -0.05) is 29.8 Å². The highest BCUT2D eigenvalue weighted by Crippen LogP contribution is 2.31. The molecule has 0 bridgehead atoms. The van der Waals surface area contributed by atoms with E-state index >= 15 is 0 Å². The van der Waals surface area contributed by atoms with Gasteiger partial charge in [-0.2, -0.15) is 0 Å². The number of carboxylic acid groups (broad SMARTS) is 1. The summed E-state index contributed by atoms with van der Waals surface area (Å²) in [5.74, 6) is -5.45. The lowest BCUT2D eigenvalue weighted by Crippen LogP contribution is -2.60. The Morgan fingerprint density at radius 2 is 1.93 bits per heavy atom. The average Bonchev–Trinajstić information content (AvgIpc) is 2.90. The number of carbonyl (C=O) groups excluding carboxylic acids is 4. The zero-order valence-electron chi connectivity index (χ0n) is 20.9. The van der Waals surface area contributed by atoms with Gasteiger partial charge >= 0.3 is 30.9 Å². The number of nitrogens with two attached hydrogens (primary N) is 1. The fourth-order valence-electron chi connectivity index (χ4n) is 4.46. The van der Waals surface area contributed by atoms with Crippen LogP contribution in [0, 0.1) is 0 Å². The highest BCUT2D eigenvalue weighted by Gasteiger charge is 2.41. The number of halogens is 1. The number of benzene rings is 2. The Bertz CT molecular complexity index is 1380. The Morgan fingerprint density at radius 1 is 1.18 bits per heavy atom. The number of urea groups is 1. The van der Waals surface area contributed by atoms with Gasteiger partial charge in [-0.15, -0.1) is 0 Å².